The molecule has 0 aliphatic carbocycles. The molecule has 2 heterocycles. The van der Waals surface area contributed by atoms with Crippen LogP contribution in [0, 0.1) is 0 Å². The Morgan fingerprint density at radius 3 is 2.83 bits per heavy atom. The molecule has 1 amide bonds. The highest BCUT2D eigenvalue weighted by Crippen LogP contribution is 2.31. The summed E-state index contributed by atoms with van der Waals surface area (Å²) >= 11 is 5.83. The van der Waals surface area contributed by atoms with Crippen molar-refractivity contribution in [3.05, 3.63) is 47.7 Å². The summed E-state index contributed by atoms with van der Waals surface area (Å²) in [5, 5.41) is 2.65. The molecule has 1 aromatic carbocycles. The Balaban J connectivity index is 1.51. The van der Waals surface area contributed by atoms with Crippen LogP contribution in [-0.2, 0) is 14.3 Å². The van der Waals surface area contributed by atoms with Crippen molar-refractivity contribution in [1.82, 2.24) is 4.98 Å². The summed E-state index contributed by atoms with van der Waals surface area (Å²) in [6.45, 7) is -0.447. The third-order valence-electron chi connectivity index (χ3n) is 3.15. The van der Waals surface area contributed by atoms with Gasteiger partial charge in [-0.15, -0.1) is 0 Å². The highest BCUT2D eigenvalue weighted by molar-refractivity contribution is 6.32. The zero-order valence-electron chi connectivity index (χ0n) is 12.4. The van der Waals surface area contributed by atoms with E-state index < -0.39 is 24.6 Å². The smallest absolute Gasteiger partial charge is 0.351 e. The molecule has 1 unspecified atom stereocenters. The second kappa shape index (κ2) is 7.18. The van der Waals surface area contributed by atoms with Crippen LogP contribution in [0.15, 0.2) is 42.6 Å². The average molecular weight is 349 g/mol. The molecule has 1 aromatic heterocycles. The third-order valence-corrected chi connectivity index (χ3v) is 3.45. The molecule has 0 saturated heterocycles. The van der Waals surface area contributed by atoms with Crippen molar-refractivity contribution in [3.8, 4) is 11.5 Å². The van der Waals surface area contributed by atoms with E-state index in [1.165, 1.54) is 6.20 Å². The molecule has 2 aromatic rings. The van der Waals surface area contributed by atoms with Crippen LogP contribution in [-0.4, -0.2) is 36.2 Å². The van der Waals surface area contributed by atoms with Gasteiger partial charge in [-0.3, -0.25) is 4.79 Å². The fourth-order valence-electron chi connectivity index (χ4n) is 2.03. The van der Waals surface area contributed by atoms with Crippen LogP contribution >= 0.6 is 11.6 Å². The zero-order chi connectivity index (χ0) is 16.9. The molecule has 1 atom stereocenters. The van der Waals surface area contributed by atoms with Crippen LogP contribution in [0.25, 0.3) is 0 Å². The Kier molecular flexibility index (Phi) is 4.81. The fourth-order valence-corrected chi connectivity index (χ4v) is 2.20. The number of rotatable bonds is 4. The summed E-state index contributed by atoms with van der Waals surface area (Å²) in [4.78, 5) is 27.6. The maximum absolute atomic E-state index is 12.0. The number of esters is 1. The summed E-state index contributed by atoms with van der Waals surface area (Å²) < 4.78 is 15.9. The van der Waals surface area contributed by atoms with Crippen LogP contribution in [0.4, 0.5) is 5.69 Å². The minimum absolute atomic E-state index is 0.0197. The summed E-state index contributed by atoms with van der Waals surface area (Å²) in [6.07, 6.45) is 0.575. The lowest BCUT2D eigenvalue weighted by atomic mass is 10.2. The molecular formula is C16H13ClN2O5. The maximum atomic E-state index is 12.0. The quantitative estimate of drug-likeness (QED) is 0.672. The Morgan fingerprint density at radius 2 is 2.04 bits per heavy atom. The monoisotopic (exact) mass is 348 g/mol. The Bertz CT molecular complexity index is 768. The molecule has 7 nitrogen and oxygen atoms in total. The minimum Gasteiger partial charge on any atom is -0.485 e. The lowest BCUT2D eigenvalue weighted by Gasteiger charge is -2.24. The molecule has 0 bridgehead atoms. The zero-order valence-corrected chi connectivity index (χ0v) is 13.2. The molecule has 0 saturated carbocycles. The number of carbonyl (C=O) groups excluding carboxylic acids is 2. The number of anilines is 1. The number of hydrogen-bond acceptors (Lipinski definition) is 6. The molecule has 0 fully saturated rings. The first-order valence-electron chi connectivity index (χ1n) is 7.09. The predicted molar refractivity (Wildman–Crippen MR) is 85.2 cm³/mol. The van der Waals surface area contributed by atoms with E-state index in [1.54, 1.807) is 36.4 Å². The number of nitrogens with one attached hydrogen (secondary N) is 1. The molecule has 0 radical (unpaired) electrons. The summed E-state index contributed by atoms with van der Waals surface area (Å²) in [6, 6.07) is 10.2. The second-order valence-corrected chi connectivity index (χ2v) is 5.22. The number of hydrogen-bond donors (Lipinski definition) is 1. The van der Waals surface area contributed by atoms with Gasteiger partial charge >= 0.3 is 5.97 Å². The average Bonchev–Trinajstić information content (AvgIpc) is 2.61. The molecular weight excluding hydrogens is 336 g/mol. The first-order chi connectivity index (χ1) is 11.6. The van der Waals surface area contributed by atoms with Crippen LogP contribution < -0.4 is 14.8 Å². The van der Waals surface area contributed by atoms with Crippen molar-refractivity contribution in [2.75, 3.05) is 18.5 Å². The molecule has 1 aliphatic heterocycles. The number of fused-ring (bicyclic) bond motifs is 1. The van der Waals surface area contributed by atoms with Crippen molar-refractivity contribution in [2.45, 2.75) is 6.10 Å². The summed E-state index contributed by atoms with van der Waals surface area (Å²) in [5.41, 5.74) is 0.339. The Morgan fingerprint density at radius 1 is 1.25 bits per heavy atom. The number of amides is 1. The van der Waals surface area contributed by atoms with Crippen LogP contribution in [0.1, 0.15) is 0 Å². The van der Waals surface area contributed by atoms with Gasteiger partial charge in [0.25, 0.3) is 5.91 Å². The Hall–Kier alpha value is -2.80. The van der Waals surface area contributed by atoms with E-state index in [0.29, 0.717) is 17.2 Å². The lowest BCUT2D eigenvalue weighted by Crippen LogP contribution is -2.39. The first-order valence-corrected chi connectivity index (χ1v) is 7.47. The van der Waals surface area contributed by atoms with E-state index in [2.05, 4.69) is 10.3 Å². The summed E-state index contributed by atoms with van der Waals surface area (Å²) in [7, 11) is 0. The van der Waals surface area contributed by atoms with E-state index in [0.717, 1.165) is 0 Å². The minimum atomic E-state index is -0.922. The Labute approximate surface area is 142 Å². The van der Waals surface area contributed by atoms with Crippen molar-refractivity contribution >= 4 is 29.2 Å². The highest BCUT2D eigenvalue weighted by Gasteiger charge is 2.29. The van der Waals surface area contributed by atoms with Gasteiger partial charge in [0.2, 0.25) is 6.10 Å². The van der Waals surface area contributed by atoms with Gasteiger partial charge in [0.15, 0.2) is 23.3 Å². The molecule has 1 N–H and O–H groups in total. The van der Waals surface area contributed by atoms with Crippen LogP contribution in [0.2, 0.25) is 5.15 Å². The molecule has 1 aliphatic rings. The fraction of sp³-hybridized carbons (Fsp3) is 0.188. The van der Waals surface area contributed by atoms with E-state index >= 15 is 0 Å². The molecule has 0 spiro atoms. The van der Waals surface area contributed by atoms with E-state index in [1.807, 2.05) is 0 Å². The lowest BCUT2D eigenvalue weighted by molar-refractivity contribution is -0.156. The largest absolute Gasteiger partial charge is 0.485 e. The van der Waals surface area contributed by atoms with Crippen LogP contribution in [0.5, 0.6) is 11.5 Å². The first kappa shape index (κ1) is 16.1. The molecule has 24 heavy (non-hydrogen) atoms. The molecule has 3 rings (SSSR count). The third kappa shape index (κ3) is 3.75. The number of para-hydroxylation sites is 2. The topological polar surface area (TPSA) is 86.8 Å². The predicted octanol–water partition coefficient (Wildman–Crippen LogP) is 2.06. The number of ether oxygens (including phenoxy) is 3. The van der Waals surface area contributed by atoms with Gasteiger partial charge in [-0.1, -0.05) is 23.7 Å². The van der Waals surface area contributed by atoms with Gasteiger partial charge < -0.3 is 19.5 Å². The van der Waals surface area contributed by atoms with Gasteiger partial charge in [-0.05, 0) is 24.3 Å². The standard InChI is InChI=1S/C16H13ClN2O5/c17-15-10(4-3-7-18-15)19-14(20)9-23-16(21)13-8-22-11-5-1-2-6-12(11)24-13/h1-7,13H,8-9H2,(H,19,20). The van der Waals surface area contributed by atoms with Crippen molar-refractivity contribution in [3.63, 3.8) is 0 Å². The summed E-state index contributed by atoms with van der Waals surface area (Å²) in [5.74, 6) is -0.199. The van der Waals surface area contributed by atoms with E-state index in [9.17, 15) is 9.59 Å². The van der Waals surface area contributed by atoms with Crippen molar-refractivity contribution in [1.29, 1.82) is 0 Å². The molecule has 8 heteroatoms. The number of benzene rings is 1. The van der Waals surface area contributed by atoms with Crippen LogP contribution in [0.3, 0.4) is 0 Å². The van der Waals surface area contributed by atoms with Crippen molar-refractivity contribution < 1.29 is 23.8 Å². The number of pyridine rings is 1. The number of carbonyl (C=O) groups is 2. The van der Waals surface area contributed by atoms with Gasteiger partial charge in [0.1, 0.15) is 6.61 Å². The number of halogens is 1. The number of aromatic nitrogens is 1. The van der Waals surface area contributed by atoms with Crippen molar-refractivity contribution in [2.24, 2.45) is 0 Å². The van der Waals surface area contributed by atoms with Gasteiger partial charge in [0.05, 0.1) is 5.69 Å². The van der Waals surface area contributed by atoms with E-state index in [4.69, 9.17) is 25.8 Å². The molecule has 124 valence electrons. The normalized spacial score (nSPS) is 15.5. The SMILES string of the molecule is O=C(COC(=O)C1COc2ccccc2O1)Nc1cccnc1Cl. The maximum Gasteiger partial charge on any atom is 0.351 e. The highest BCUT2D eigenvalue weighted by atomic mass is 35.5. The van der Waals surface area contributed by atoms with Gasteiger partial charge in [-0.25, -0.2) is 9.78 Å². The number of nitrogens with zero attached hydrogens (tertiary/aromatic N) is 1. The van der Waals surface area contributed by atoms with E-state index in [-0.39, 0.29) is 11.8 Å². The second-order valence-electron chi connectivity index (χ2n) is 4.86. The van der Waals surface area contributed by atoms with Gasteiger partial charge in [0, 0.05) is 6.20 Å². The van der Waals surface area contributed by atoms with Gasteiger partial charge in [-0.2, -0.15) is 0 Å².